The molecule has 6 nitrogen and oxygen atoms in total. The summed E-state index contributed by atoms with van der Waals surface area (Å²) in [6.07, 6.45) is 1.83. The highest BCUT2D eigenvalue weighted by molar-refractivity contribution is 6.30. The van der Waals surface area contributed by atoms with Gasteiger partial charge in [-0.3, -0.25) is 4.79 Å². The molecule has 2 N–H and O–H groups in total. The Morgan fingerprint density at radius 2 is 2.09 bits per heavy atom. The minimum Gasteiger partial charge on any atom is -0.353 e. The van der Waals surface area contributed by atoms with Crippen molar-refractivity contribution >= 4 is 29.0 Å². The van der Waals surface area contributed by atoms with Crippen molar-refractivity contribution in [1.82, 2.24) is 10.3 Å². The molecule has 1 aliphatic heterocycles. The van der Waals surface area contributed by atoms with Crippen LogP contribution in [0.2, 0.25) is 5.02 Å². The summed E-state index contributed by atoms with van der Waals surface area (Å²) in [7, 11) is 0. The van der Waals surface area contributed by atoms with Crippen molar-refractivity contribution in [3.63, 3.8) is 0 Å². The fraction of sp³-hybridized carbons (Fsp3) is 0.267. The van der Waals surface area contributed by atoms with Gasteiger partial charge in [-0.05, 0) is 41.4 Å². The van der Waals surface area contributed by atoms with Gasteiger partial charge >= 0.3 is 0 Å². The second-order valence-electron chi connectivity index (χ2n) is 5.50. The van der Waals surface area contributed by atoms with Crippen LogP contribution < -0.4 is 10.6 Å². The van der Waals surface area contributed by atoms with E-state index in [2.05, 4.69) is 20.9 Å². The third kappa shape index (κ3) is 2.37. The molecule has 0 radical (unpaired) electrons. The number of allylic oxidation sites excluding steroid dienone is 1. The maximum Gasteiger partial charge on any atom is 0.219 e. The number of anilines is 2. The lowest BCUT2D eigenvalue weighted by atomic mass is 9.86. The molecule has 1 aromatic heterocycles. The molecule has 0 amide bonds. The van der Waals surface area contributed by atoms with E-state index in [1.165, 1.54) is 18.2 Å². The van der Waals surface area contributed by atoms with Gasteiger partial charge in [0.15, 0.2) is 5.78 Å². The lowest BCUT2D eigenvalue weighted by Crippen LogP contribution is -2.24. The molecule has 0 saturated carbocycles. The number of Topliss-reactive ketones (excluding diaryl/α,β-unsaturated/α-hetero) is 1. The first kappa shape index (κ1) is 14.2. The Morgan fingerprint density at radius 1 is 1.26 bits per heavy atom. The topological polar surface area (TPSA) is 80.1 Å². The number of halogens is 2. The highest BCUT2D eigenvalue weighted by atomic mass is 35.5. The predicted molar refractivity (Wildman–Crippen MR) is 81.6 cm³/mol. The van der Waals surface area contributed by atoms with Crippen LogP contribution in [0.5, 0.6) is 0 Å². The number of hydrogen-bond donors (Lipinski definition) is 2. The number of carbonyl (C=O) groups is 1. The molecule has 0 unspecified atom stereocenters. The van der Waals surface area contributed by atoms with Crippen molar-refractivity contribution in [3.8, 4) is 0 Å². The van der Waals surface area contributed by atoms with Crippen LogP contribution >= 0.6 is 11.6 Å². The first-order chi connectivity index (χ1) is 11.1. The van der Waals surface area contributed by atoms with E-state index in [4.69, 9.17) is 16.2 Å². The molecule has 0 spiro atoms. The van der Waals surface area contributed by atoms with Gasteiger partial charge in [-0.25, -0.2) is 9.02 Å². The van der Waals surface area contributed by atoms with Gasteiger partial charge < -0.3 is 10.6 Å². The second-order valence-corrected chi connectivity index (χ2v) is 5.94. The van der Waals surface area contributed by atoms with Gasteiger partial charge in [0, 0.05) is 28.3 Å². The van der Waals surface area contributed by atoms with Crippen molar-refractivity contribution in [3.05, 3.63) is 45.9 Å². The molecule has 0 bridgehead atoms. The van der Waals surface area contributed by atoms with Gasteiger partial charge in [0.1, 0.15) is 5.82 Å². The van der Waals surface area contributed by atoms with Gasteiger partial charge in [0.25, 0.3) is 0 Å². The van der Waals surface area contributed by atoms with Gasteiger partial charge in [-0.1, -0.05) is 11.6 Å². The van der Waals surface area contributed by atoms with Gasteiger partial charge in [0.2, 0.25) is 11.6 Å². The monoisotopic (exact) mass is 334 g/mol. The Labute approximate surface area is 135 Å². The summed E-state index contributed by atoms with van der Waals surface area (Å²) in [5.41, 5.74) is 1.50. The van der Waals surface area contributed by atoms with Crippen molar-refractivity contribution < 1.29 is 13.8 Å². The minimum atomic E-state index is -0.697. The molecule has 1 aromatic carbocycles. The number of carbonyl (C=O) groups excluding carboxylic acids is 1. The summed E-state index contributed by atoms with van der Waals surface area (Å²) in [5, 5.41) is 14.1. The molecule has 1 aliphatic carbocycles. The smallest absolute Gasteiger partial charge is 0.219 e. The SMILES string of the molecule is O=C1CCCC2=C1[C@H](c1cc(Cl)ccc1F)Nc1nonc1N2. The molecule has 1 atom stereocenters. The fourth-order valence-electron chi connectivity index (χ4n) is 3.01. The number of aromatic nitrogens is 2. The average molecular weight is 335 g/mol. The molecule has 0 fully saturated rings. The lowest BCUT2D eigenvalue weighted by molar-refractivity contribution is -0.116. The number of ketones is 1. The lowest BCUT2D eigenvalue weighted by Gasteiger charge is -2.25. The summed E-state index contributed by atoms with van der Waals surface area (Å²) in [4.78, 5) is 12.5. The van der Waals surface area contributed by atoms with Crippen LogP contribution in [0.1, 0.15) is 30.9 Å². The first-order valence-electron chi connectivity index (χ1n) is 7.21. The van der Waals surface area contributed by atoms with Crippen molar-refractivity contribution in [2.24, 2.45) is 0 Å². The average Bonchev–Trinajstić information content (AvgIpc) is 2.89. The third-order valence-electron chi connectivity index (χ3n) is 4.05. The Kier molecular flexibility index (Phi) is 3.30. The maximum atomic E-state index is 14.4. The zero-order chi connectivity index (χ0) is 16.0. The largest absolute Gasteiger partial charge is 0.353 e. The molecule has 0 saturated heterocycles. The van der Waals surface area contributed by atoms with Crippen LogP contribution in [-0.4, -0.2) is 16.1 Å². The maximum absolute atomic E-state index is 14.4. The van der Waals surface area contributed by atoms with E-state index >= 15 is 0 Å². The molecule has 23 heavy (non-hydrogen) atoms. The van der Waals surface area contributed by atoms with E-state index in [0.29, 0.717) is 40.8 Å². The van der Waals surface area contributed by atoms with E-state index in [9.17, 15) is 9.18 Å². The van der Waals surface area contributed by atoms with Crippen LogP contribution in [0.3, 0.4) is 0 Å². The zero-order valence-electron chi connectivity index (χ0n) is 11.9. The fourth-order valence-corrected chi connectivity index (χ4v) is 3.20. The van der Waals surface area contributed by atoms with Crippen molar-refractivity contribution in [2.45, 2.75) is 25.3 Å². The molecule has 2 aromatic rings. The van der Waals surface area contributed by atoms with Crippen LogP contribution in [0.4, 0.5) is 16.0 Å². The number of rotatable bonds is 1. The second kappa shape index (κ2) is 5.34. The molecular weight excluding hydrogens is 323 g/mol. The third-order valence-corrected chi connectivity index (χ3v) is 4.29. The minimum absolute atomic E-state index is 0.0299. The quantitative estimate of drug-likeness (QED) is 0.831. The Bertz CT molecular complexity index is 833. The van der Waals surface area contributed by atoms with Gasteiger partial charge in [-0.15, -0.1) is 0 Å². The van der Waals surface area contributed by atoms with E-state index < -0.39 is 11.9 Å². The van der Waals surface area contributed by atoms with E-state index in [-0.39, 0.29) is 11.3 Å². The summed E-state index contributed by atoms with van der Waals surface area (Å²) in [6.45, 7) is 0. The highest BCUT2D eigenvalue weighted by Crippen LogP contribution is 2.40. The van der Waals surface area contributed by atoms with Crippen LogP contribution in [-0.2, 0) is 4.79 Å². The molecule has 4 rings (SSSR count). The Balaban J connectivity index is 1.91. The number of fused-ring (bicyclic) bond motifs is 1. The zero-order valence-corrected chi connectivity index (χ0v) is 12.7. The summed E-state index contributed by atoms with van der Waals surface area (Å²) in [6, 6.07) is 3.57. The summed E-state index contributed by atoms with van der Waals surface area (Å²) in [5.74, 6) is 0.239. The van der Waals surface area contributed by atoms with Crippen LogP contribution in [0, 0.1) is 5.82 Å². The highest BCUT2D eigenvalue weighted by Gasteiger charge is 2.35. The predicted octanol–water partition coefficient (Wildman–Crippen LogP) is 3.45. The molecular formula is C15H12ClFN4O2. The molecule has 8 heteroatoms. The molecule has 118 valence electrons. The molecule has 2 heterocycles. The standard InChI is InChI=1S/C15H12ClFN4O2/c16-7-4-5-9(17)8(6-7)13-12-10(2-1-3-11(12)22)18-14-15(19-13)21-23-20-14/h4-6,13H,1-3H2,(H,18,20)(H,19,21)/t13-/m0/s1. The summed E-state index contributed by atoms with van der Waals surface area (Å²) < 4.78 is 19.1. The van der Waals surface area contributed by atoms with Gasteiger partial charge in [0.05, 0.1) is 6.04 Å². The normalized spacial score (nSPS) is 20.3. The van der Waals surface area contributed by atoms with Crippen molar-refractivity contribution in [2.75, 3.05) is 10.6 Å². The van der Waals surface area contributed by atoms with E-state index in [0.717, 1.165) is 6.42 Å². The Morgan fingerprint density at radius 3 is 2.96 bits per heavy atom. The molecule has 2 aliphatic rings. The Hall–Kier alpha value is -2.41. The van der Waals surface area contributed by atoms with E-state index in [1.54, 1.807) is 0 Å². The van der Waals surface area contributed by atoms with Crippen LogP contribution in [0.15, 0.2) is 34.1 Å². The van der Waals surface area contributed by atoms with E-state index in [1.807, 2.05) is 0 Å². The van der Waals surface area contributed by atoms with Crippen LogP contribution in [0.25, 0.3) is 0 Å². The van der Waals surface area contributed by atoms with Gasteiger partial charge in [-0.2, -0.15) is 0 Å². The number of hydrogen-bond acceptors (Lipinski definition) is 6. The van der Waals surface area contributed by atoms with Crippen molar-refractivity contribution in [1.29, 1.82) is 0 Å². The summed E-state index contributed by atoms with van der Waals surface area (Å²) >= 11 is 6.01. The first-order valence-corrected chi connectivity index (χ1v) is 7.58. The number of benzene rings is 1. The number of nitrogens with one attached hydrogen (secondary N) is 2. The number of nitrogens with zero attached hydrogens (tertiary/aromatic N) is 2.